The maximum Gasteiger partial charge on any atom is 0.264 e. The Labute approximate surface area is 156 Å². The van der Waals surface area contributed by atoms with Crippen LogP contribution in [0.2, 0.25) is 0 Å². The van der Waals surface area contributed by atoms with Crippen molar-refractivity contribution in [3.05, 3.63) is 0 Å². The lowest BCUT2D eigenvalue weighted by Crippen LogP contribution is -2.40. The maximum atomic E-state index is 10.6. The lowest BCUT2D eigenvalue weighted by atomic mass is 10.1. The highest BCUT2D eigenvalue weighted by atomic mass is 32.2. The van der Waals surface area contributed by atoms with Gasteiger partial charge in [-0.2, -0.15) is 13.1 Å². The highest BCUT2D eigenvalue weighted by Crippen LogP contribution is 2.13. The van der Waals surface area contributed by atoms with Crippen LogP contribution in [-0.4, -0.2) is 50.6 Å². The first-order valence-electron chi connectivity index (χ1n) is 10.2. The van der Waals surface area contributed by atoms with Gasteiger partial charge in [-0.05, 0) is 19.3 Å². The van der Waals surface area contributed by atoms with Gasteiger partial charge in [0.15, 0.2) is 0 Å². The van der Waals surface area contributed by atoms with Crippen LogP contribution in [-0.2, 0) is 15.0 Å². The summed E-state index contributed by atoms with van der Waals surface area (Å²) in [7, 11) is 0.115. The number of hydroxylamine groups is 3. The van der Waals surface area contributed by atoms with E-state index in [1.807, 2.05) is 14.1 Å². The monoisotopic (exact) mass is 380 g/mol. The summed E-state index contributed by atoms with van der Waals surface area (Å²) in [5.74, 6) is -0.231. The Morgan fingerprint density at radius 3 is 1.64 bits per heavy atom. The van der Waals surface area contributed by atoms with E-state index < -0.39 is 10.1 Å². The lowest BCUT2D eigenvalue weighted by molar-refractivity contribution is -1.08. The smallest absolute Gasteiger partial charge is 0.264 e. The van der Waals surface area contributed by atoms with E-state index in [4.69, 9.17) is 9.39 Å². The standard InChI is InChI=1S/C19H41NO4S/c1-4-5-6-7-8-9-10-11-12-13-14-15-17-20(2,3)24-18-16-19-25(21,22)23/h4-19H2,1-3H3/p+1. The fraction of sp³-hybridized carbons (Fsp3) is 1.00. The quantitative estimate of drug-likeness (QED) is 0.158. The molecular formula is C19H42NO4S+. The van der Waals surface area contributed by atoms with Crippen LogP contribution in [0.4, 0.5) is 0 Å². The van der Waals surface area contributed by atoms with Crippen LogP contribution < -0.4 is 0 Å². The van der Waals surface area contributed by atoms with Crippen LogP contribution in [0.15, 0.2) is 0 Å². The molecular weight excluding hydrogens is 338 g/mol. The molecule has 0 aliphatic carbocycles. The summed E-state index contributed by atoms with van der Waals surface area (Å²) in [4.78, 5) is 5.69. The van der Waals surface area contributed by atoms with E-state index in [0.29, 0.717) is 17.7 Å². The largest absolute Gasteiger partial charge is 0.286 e. The highest BCUT2D eigenvalue weighted by molar-refractivity contribution is 7.85. The van der Waals surface area contributed by atoms with Gasteiger partial charge in [-0.3, -0.25) is 4.55 Å². The summed E-state index contributed by atoms with van der Waals surface area (Å²) in [6, 6.07) is 0. The van der Waals surface area contributed by atoms with Gasteiger partial charge in [-0.1, -0.05) is 71.1 Å². The fourth-order valence-corrected chi connectivity index (χ4v) is 3.43. The van der Waals surface area contributed by atoms with E-state index in [0.717, 1.165) is 13.0 Å². The lowest BCUT2D eigenvalue weighted by Gasteiger charge is -2.26. The molecule has 0 rings (SSSR count). The predicted molar refractivity (Wildman–Crippen MR) is 105 cm³/mol. The van der Waals surface area contributed by atoms with Gasteiger partial charge in [-0.15, -0.1) is 0 Å². The van der Waals surface area contributed by atoms with Crippen molar-refractivity contribution in [3.63, 3.8) is 0 Å². The average Bonchev–Trinajstić information content (AvgIpc) is 2.52. The van der Waals surface area contributed by atoms with Gasteiger partial charge in [0, 0.05) is 0 Å². The van der Waals surface area contributed by atoms with Gasteiger partial charge in [0.25, 0.3) is 10.1 Å². The first-order chi connectivity index (χ1) is 11.8. The Morgan fingerprint density at radius 2 is 1.20 bits per heavy atom. The zero-order valence-electron chi connectivity index (χ0n) is 16.8. The van der Waals surface area contributed by atoms with Crippen LogP contribution in [0, 0.1) is 0 Å². The molecule has 5 nitrogen and oxygen atoms in total. The van der Waals surface area contributed by atoms with Crippen LogP contribution in [0.5, 0.6) is 0 Å². The number of unbranched alkanes of at least 4 members (excludes halogenated alkanes) is 11. The highest BCUT2D eigenvalue weighted by Gasteiger charge is 2.16. The molecule has 152 valence electrons. The van der Waals surface area contributed by atoms with Crippen molar-refractivity contribution in [2.45, 2.75) is 90.4 Å². The average molecular weight is 381 g/mol. The number of quaternary nitrogens is 1. The Balaban J connectivity index is 3.39. The van der Waals surface area contributed by atoms with E-state index in [-0.39, 0.29) is 5.75 Å². The molecule has 0 saturated carbocycles. The van der Waals surface area contributed by atoms with Gasteiger partial charge in [0.05, 0.1) is 19.8 Å². The summed E-state index contributed by atoms with van der Waals surface area (Å²) < 4.78 is 30.4. The third-order valence-electron chi connectivity index (χ3n) is 4.54. The van der Waals surface area contributed by atoms with E-state index >= 15 is 0 Å². The second-order valence-corrected chi connectivity index (χ2v) is 9.23. The third kappa shape index (κ3) is 20.0. The van der Waals surface area contributed by atoms with E-state index in [2.05, 4.69) is 6.92 Å². The zero-order valence-corrected chi connectivity index (χ0v) is 17.7. The molecule has 0 bridgehead atoms. The van der Waals surface area contributed by atoms with Crippen LogP contribution >= 0.6 is 0 Å². The number of nitrogens with zero attached hydrogens (tertiary/aromatic N) is 1. The number of hydrogen-bond donors (Lipinski definition) is 1. The molecule has 0 amide bonds. The van der Waals surface area contributed by atoms with E-state index in [1.54, 1.807) is 0 Å². The summed E-state index contributed by atoms with van der Waals surface area (Å²) >= 11 is 0. The molecule has 0 aromatic heterocycles. The van der Waals surface area contributed by atoms with Gasteiger partial charge in [-0.25, -0.2) is 4.84 Å². The molecule has 6 heteroatoms. The first kappa shape index (κ1) is 24.8. The molecule has 25 heavy (non-hydrogen) atoms. The minimum atomic E-state index is -3.87. The van der Waals surface area contributed by atoms with Crippen molar-refractivity contribution in [2.24, 2.45) is 0 Å². The van der Waals surface area contributed by atoms with E-state index in [9.17, 15) is 8.42 Å². The van der Waals surface area contributed by atoms with Gasteiger partial charge < -0.3 is 0 Å². The van der Waals surface area contributed by atoms with Crippen LogP contribution in [0.3, 0.4) is 0 Å². The predicted octanol–water partition coefficient (Wildman–Crippen LogP) is 4.97. The molecule has 0 spiro atoms. The van der Waals surface area contributed by atoms with Crippen molar-refractivity contribution < 1.29 is 22.5 Å². The fourth-order valence-electron chi connectivity index (χ4n) is 2.95. The summed E-state index contributed by atoms with van der Waals surface area (Å²) in [6.07, 6.45) is 16.4. The topological polar surface area (TPSA) is 63.6 Å². The second kappa shape index (κ2) is 14.9. The Morgan fingerprint density at radius 1 is 0.760 bits per heavy atom. The summed E-state index contributed by atoms with van der Waals surface area (Å²) in [6.45, 7) is 3.55. The van der Waals surface area contributed by atoms with Crippen molar-refractivity contribution >= 4 is 10.1 Å². The number of hydrogen-bond acceptors (Lipinski definition) is 3. The molecule has 0 unspecified atom stereocenters. The zero-order chi connectivity index (χ0) is 19.0. The Bertz CT molecular complexity index is 396. The molecule has 0 radical (unpaired) electrons. The van der Waals surface area contributed by atoms with Gasteiger partial charge >= 0.3 is 0 Å². The summed E-state index contributed by atoms with van der Waals surface area (Å²) in [5.41, 5.74) is 0. The number of rotatable bonds is 18. The van der Waals surface area contributed by atoms with Crippen molar-refractivity contribution in [1.29, 1.82) is 0 Å². The molecule has 0 aromatic rings. The molecule has 0 fully saturated rings. The van der Waals surface area contributed by atoms with Crippen molar-refractivity contribution in [2.75, 3.05) is 33.0 Å². The third-order valence-corrected chi connectivity index (χ3v) is 5.34. The van der Waals surface area contributed by atoms with Gasteiger partial charge in [0.2, 0.25) is 0 Å². The molecule has 0 saturated heterocycles. The normalized spacial score (nSPS) is 12.6. The second-order valence-electron chi connectivity index (χ2n) is 7.66. The Hall–Kier alpha value is -0.170. The van der Waals surface area contributed by atoms with Gasteiger partial charge in [0.1, 0.15) is 13.2 Å². The first-order valence-corrected chi connectivity index (χ1v) is 11.8. The van der Waals surface area contributed by atoms with Crippen molar-refractivity contribution in [1.82, 2.24) is 0 Å². The SMILES string of the molecule is CCCCCCCCCCCCCC[N+](C)(C)OCCCS(=O)(=O)O. The van der Waals surface area contributed by atoms with Crippen molar-refractivity contribution in [3.8, 4) is 0 Å². The van der Waals surface area contributed by atoms with Crippen LogP contribution in [0.1, 0.15) is 90.4 Å². The molecule has 1 N–H and O–H groups in total. The summed E-state index contributed by atoms with van der Waals surface area (Å²) in [5, 5.41) is 0. The van der Waals surface area contributed by atoms with Crippen LogP contribution in [0.25, 0.3) is 0 Å². The Kier molecular flexibility index (Phi) is 14.8. The molecule has 0 atom stereocenters. The maximum absolute atomic E-state index is 10.6. The molecule has 0 aliphatic heterocycles. The van der Waals surface area contributed by atoms with E-state index in [1.165, 1.54) is 70.6 Å². The molecule has 0 aromatic carbocycles. The minimum absolute atomic E-state index is 0.231. The molecule has 0 heterocycles. The minimum Gasteiger partial charge on any atom is -0.286 e. The molecule has 0 aliphatic rings.